The predicted molar refractivity (Wildman–Crippen MR) is 99.3 cm³/mol. The number of aryl methyl sites for hydroxylation is 1. The summed E-state index contributed by atoms with van der Waals surface area (Å²) in [6.45, 7) is 3.73. The molecule has 0 aliphatic rings. The van der Waals surface area contributed by atoms with Gasteiger partial charge in [-0.3, -0.25) is 9.78 Å². The minimum absolute atomic E-state index is 0.0981. The van der Waals surface area contributed by atoms with Crippen LogP contribution in [0.1, 0.15) is 48.7 Å². The average Bonchev–Trinajstić information content (AvgIpc) is 2.63. The first-order valence-corrected chi connectivity index (χ1v) is 8.81. The highest BCUT2D eigenvalue weighted by Gasteiger charge is 2.07. The van der Waals surface area contributed by atoms with E-state index in [0.717, 1.165) is 44.3 Å². The summed E-state index contributed by atoms with van der Waals surface area (Å²) in [5.41, 5.74) is 2.76. The number of rotatable bonds is 10. The predicted octanol–water partition coefficient (Wildman–Crippen LogP) is 4.05. The Bertz CT molecular complexity index is 613. The highest BCUT2D eigenvalue weighted by atomic mass is 16.1. The van der Waals surface area contributed by atoms with Gasteiger partial charge in [0.05, 0.1) is 0 Å². The number of unbranched alkanes of at least 4 members (excludes halogenated alkanes) is 2. The Morgan fingerprint density at radius 2 is 1.88 bits per heavy atom. The molecule has 24 heavy (non-hydrogen) atoms. The van der Waals surface area contributed by atoms with Gasteiger partial charge in [-0.2, -0.15) is 0 Å². The third-order valence-corrected chi connectivity index (χ3v) is 3.87. The zero-order chi connectivity index (χ0) is 17.0. The maximum atomic E-state index is 12.1. The first-order valence-electron chi connectivity index (χ1n) is 8.81. The zero-order valence-electron chi connectivity index (χ0n) is 14.4. The molecule has 1 aromatic carbocycles. The summed E-state index contributed by atoms with van der Waals surface area (Å²) in [5, 5.41) is 6.29. The zero-order valence-corrected chi connectivity index (χ0v) is 14.4. The van der Waals surface area contributed by atoms with E-state index in [1.54, 1.807) is 6.20 Å². The Morgan fingerprint density at radius 3 is 2.67 bits per heavy atom. The lowest BCUT2D eigenvalue weighted by Gasteiger charge is -2.08. The second-order valence-corrected chi connectivity index (χ2v) is 5.91. The number of carbonyl (C=O) groups is 1. The van der Waals surface area contributed by atoms with Crippen LogP contribution in [0.3, 0.4) is 0 Å². The van der Waals surface area contributed by atoms with E-state index in [9.17, 15) is 4.79 Å². The van der Waals surface area contributed by atoms with Crippen LogP contribution >= 0.6 is 0 Å². The standard InChI is InChI=1S/C20H27N3O/c1-2-3-7-13-23-20(24)19-16-18(12-15-22-19)21-14-8-11-17-9-5-4-6-10-17/h4-6,9-10,12,15-16H,2-3,7-8,11,13-14H2,1H3,(H,21,22)(H,23,24). The minimum atomic E-state index is -0.0981. The Balaban J connectivity index is 1.74. The second kappa shape index (κ2) is 10.4. The topological polar surface area (TPSA) is 54.0 Å². The molecule has 1 heterocycles. The van der Waals surface area contributed by atoms with Gasteiger partial charge in [0.1, 0.15) is 5.69 Å². The Morgan fingerprint density at radius 1 is 1.04 bits per heavy atom. The molecule has 0 fully saturated rings. The summed E-state index contributed by atoms with van der Waals surface area (Å²) < 4.78 is 0. The molecule has 4 nitrogen and oxygen atoms in total. The van der Waals surface area contributed by atoms with Crippen LogP contribution in [0, 0.1) is 0 Å². The molecule has 0 saturated heterocycles. The number of amides is 1. The molecule has 0 bridgehead atoms. The number of benzene rings is 1. The Kier molecular flexibility index (Phi) is 7.81. The van der Waals surface area contributed by atoms with Gasteiger partial charge in [-0.05, 0) is 37.0 Å². The molecule has 2 N–H and O–H groups in total. The summed E-state index contributed by atoms with van der Waals surface area (Å²) >= 11 is 0. The number of anilines is 1. The molecule has 1 amide bonds. The maximum absolute atomic E-state index is 12.1. The molecule has 0 aliphatic carbocycles. The van der Waals surface area contributed by atoms with E-state index >= 15 is 0 Å². The van der Waals surface area contributed by atoms with E-state index in [4.69, 9.17) is 0 Å². The van der Waals surface area contributed by atoms with Gasteiger partial charge in [-0.25, -0.2) is 0 Å². The number of nitrogens with one attached hydrogen (secondary N) is 2. The molecule has 128 valence electrons. The largest absolute Gasteiger partial charge is 0.385 e. The normalized spacial score (nSPS) is 10.4. The van der Waals surface area contributed by atoms with E-state index in [1.807, 2.05) is 18.2 Å². The van der Waals surface area contributed by atoms with Crippen LogP contribution < -0.4 is 10.6 Å². The van der Waals surface area contributed by atoms with Gasteiger partial charge in [0.25, 0.3) is 5.91 Å². The van der Waals surface area contributed by atoms with Gasteiger partial charge < -0.3 is 10.6 Å². The number of hydrogen-bond acceptors (Lipinski definition) is 3. The van der Waals surface area contributed by atoms with Gasteiger partial charge in [0, 0.05) is 25.0 Å². The van der Waals surface area contributed by atoms with Crippen molar-refractivity contribution in [2.75, 3.05) is 18.4 Å². The molecule has 4 heteroatoms. The third kappa shape index (κ3) is 6.41. The van der Waals surface area contributed by atoms with Crippen LogP contribution in [0.5, 0.6) is 0 Å². The van der Waals surface area contributed by atoms with Gasteiger partial charge in [0.2, 0.25) is 0 Å². The van der Waals surface area contributed by atoms with Crippen LogP contribution in [-0.4, -0.2) is 24.0 Å². The van der Waals surface area contributed by atoms with E-state index < -0.39 is 0 Å². The molecule has 0 saturated carbocycles. The van der Waals surface area contributed by atoms with Crippen molar-refractivity contribution in [1.82, 2.24) is 10.3 Å². The van der Waals surface area contributed by atoms with E-state index in [1.165, 1.54) is 5.56 Å². The summed E-state index contributed by atoms with van der Waals surface area (Å²) in [5.74, 6) is -0.0981. The number of nitrogens with zero attached hydrogens (tertiary/aromatic N) is 1. The van der Waals surface area contributed by atoms with Crippen molar-refractivity contribution in [3.63, 3.8) is 0 Å². The summed E-state index contributed by atoms with van der Waals surface area (Å²) in [6, 6.07) is 14.2. The van der Waals surface area contributed by atoms with Crippen LogP contribution in [-0.2, 0) is 6.42 Å². The molecule has 0 aliphatic heterocycles. The van der Waals surface area contributed by atoms with Crippen molar-refractivity contribution in [3.8, 4) is 0 Å². The number of hydrogen-bond donors (Lipinski definition) is 2. The van der Waals surface area contributed by atoms with Crippen LogP contribution in [0.25, 0.3) is 0 Å². The quantitative estimate of drug-likeness (QED) is 0.648. The van der Waals surface area contributed by atoms with Crippen molar-refractivity contribution < 1.29 is 4.79 Å². The van der Waals surface area contributed by atoms with Gasteiger partial charge in [-0.1, -0.05) is 50.1 Å². The number of pyridine rings is 1. The number of aromatic nitrogens is 1. The monoisotopic (exact) mass is 325 g/mol. The second-order valence-electron chi connectivity index (χ2n) is 5.91. The fourth-order valence-corrected chi connectivity index (χ4v) is 2.50. The lowest BCUT2D eigenvalue weighted by molar-refractivity contribution is 0.0948. The molecular weight excluding hydrogens is 298 g/mol. The van der Waals surface area contributed by atoms with Crippen LogP contribution in [0.15, 0.2) is 48.7 Å². The van der Waals surface area contributed by atoms with Crippen LogP contribution in [0.2, 0.25) is 0 Å². The molecule has 0 atom stereocenters. The lowest BCUT2D eigenvalue weighted by Crippen LogP contribution is -2.25. The van der Waals surface area contributed by atoms with E-state index in [0.29, 0.717) is 12.2 Å². The molecular formula is C20H27N3O. The van der Waals surface area contributed by atoms with E-state index in [2.05, 4.69) is 46.8 Å². The summed E-state index contributed by atoms with van der Waals surface area (Å²) in [7, 11) is 0. The van der Waals surface area contributed by atoms with Crippen LogP contribution in [0.4, 0.5) is 5.69 Å². The van der Waals surface area contributed by atoms with Gasteiger partial charge in [-0.15, -0.1) is 0 Å². The average molecular weight is 325 g/mol. The fourth-order valence-electron chi connectivity index (χ4n) is 2.50. The van der Waals surface area contributed by atoms with Crippen molar-refractivity contribution in [3.05, 3.63) is 59.9 Å². The Hall–Kier alpha value is -2.36. The van der Waals surface area contributed by atoms with Crippen molar-refractivity contribution in [1.29, 1.82) is 0 Å². The van der Waals surface area contributed by atoms with Gasteiger partial charge >= 0.3 is 0 Å². The summed E-state index contributed by atoms with van der Waals surface area (Å²) in [6.07, 6.45) is 7.07. The van der Waals surface area contributed by atoms with Crippen molar-refractivity contribution in [2.24, 2.45) is 0 Å². The summed E-state index contributed by atoms with van der Waals surface area (Å²) in [4.78, 5) is 16.2. The third-order valence-electron chi connectivity index (χ3n) is 3.87. The minimum Gasteiger partial charge on any atom is -0.385 e. The molecule has 0 radical (unpaired) electrons. The van der Waals surface area contributed by atoms with E-state index in [-0.39, 0.29) is 5.91 Å². The highest BCUT2D eigenvalue weighted by Crippen LogP contribution is 2.09. The number of carbonyl (C=O) groups excluding carboxylic acids is 1. The maximum Gasteiger partial charge on any atom is 0.269 e. The van der Waals surface area contributed by atoms with Gasteiger partial charge in [0.15, 0.2) is 0 Å². The molecule has 2 rings (SSSR count). The lowest BCUT2D eigenvalue weighted by atomic mass is 10.1. The smallest absolute Gasteiger partial charge is 0.269 e. The Labute approximate surface area is 144 Å². The SMILES string of the molecule is CCCCCNC(=O)c1cc(NCCCc2ccccc2)ccn1. The first kappa shape index (κ1) is 18.0. The van der Waals surface area contributed by atoms with Crippen molar-refractivity contribution in [2.45, 2.75) is 39.0 Å². The highest BCUT2D eigenvalue weighted by molar-refractivity contribution is 5.93. The molecule has 2 aromatic rings. The first-order chi connectivity index (χ1) is 11.8. The fraction of sp³-hybridized carbons (Fsp3) is 0.400. The molecule has 0 spiro atoms. The molecule has 0 unspecified atom stereocenters. The van der Waals surface area contributed by atoms with Crippen molar-refractivity contribution >= 4 is 11.6 Å². The molecule has 1 aromatic heterocycles.